The van der Waals surface area contributed by atoms with Crippen LogP contribution in [0.1, 0.15) is 11.4 Å². The van der Waals surface area contributed by atoms with Crippen LogP contribution in [0.4, 0.5) is 8.78 Å². The van der Waals surface area contributed by atoms with Crippen LogP contribution in [0.25, 0.3) is 0 Å². The Morgan fingerprint density at radius 1 is 1.33 bits per heavy atom. The molecule has 0 aliphatic rings. The Morgan fingerprint density at radius 3 is 2.80 bits per heavy atom. The van der Waals surface area contributed by atoms with Crippen LogP contribution in [-0.2, 0) is 6.54 Å². The van der Waals surface area contributed by atoms with Gasteiger partial charge < -0.3 is 0 Å². The van der Waals surface area contributed by atoms with Crippen molar-refractivity contribution < 1.29 is 8.78 Å². The molecular formula is C10H8F2N3. The summed E-state index contributed by atoms with van der Waals surface area (Å²) in [6, 6.07) is 4.03. The quantitative estimate of drug-likeness (QED) is 0.753. The Bertz CT molecular complexity index is 479. The molecule has 15 heavy (non-hydrogen) atoms. The molecule has 5 heteroatoms. The molecule has 3 nitrogen and oxygen atoms in total. The summed E-state index contributed by atoms with van der Waals surface area (Å²) in [6.45, 7) is 3.66. The zero-order valence-electron chi connectivity index (χ0n) is 7.82. The van der Waals surface area contributed by atoms with Crippen LogP contribution in [0.2, 0.25) is 0 Å². The highest BCUT2D eigenvalue weighted by Gasteiger charge is 2.08. The molecule has 0 N–H and O–H groups in total. The molecule has 1 aromatic heterocycles. The van der Waals surface area contributed by atoms with Gasteiger partial charge in [0.1, 0.15) is 6.33 Å². The van der Waals surface area contributed by atoms with Crippen LogP contribution in [0.5, 0.6) is 0 Å². The number of hydrogen-bond donors (Lipinski definition) is 0. The Kier molecular flexibility index (Phi) is 2.45. The van der Waals surface area contributed by atoms with Crippen molar-refractivity contribution >= 4 is 0 Å². The first-order valence-corrected chi connectivity index (χ1v) is 4.31. The molecule has 0 atom stereocenters. The number of aromatic nitrogens is 3. The first kappa shape index (κ1) is 9.76. The minimum Gasteiger partial charge on any atom is -0.248 e. The van der Waals surface area contributed by atoms with Gasteiger partial charge >= 0.3 is 0 Å². The van der Waals surface area contributed by atoms with E-state index in [1.807, 2.05) is 0 Å². The molecule has 2 rings (SSSR count). The summed E-state index contributed by atoms with van der Waals surface area (Å²) in [5.41, 5.74) is 0.236. The lowest BCUT2D eigenvalue weighted by atomic mass is 10.2. The van der Waals surface area contributed by atoms with E-state index in [2.05, 4.69) is 17.0 Å². The van der Waals surface area contributed by atoms with Crippen molar-refractivity contribution in [1.29, 1.82) is 0 Å². The molecule has 77 valence electrons. The predicted molar refractivity (Wildman–Crippen MR) is 49.9 cm³/mol. The fourth-order valence-corrected chi connectivity index (χ4v) is 1.25. The minimum absolute atomic E-state index is 0.145. The molecule has 0 amide bonds. The SMILES string of the molecule is [CH2]c1ncn(Cc2cccc(F)c2F)n1. The summed E-state index contributed by atoms with van der Waals surface area (Å²) >= 11 is 0. The van der Waals surface area contributed by atoms with Crippen molar-refractivity contribution in [3.05, 3.63) is 54.5 Å². The van der Waals surface area contributed by atoms with E-state index >= 15 is 0 Å². The van der Waals surface area contributed by atoms with E-state index in [-0.39, 0.29) is 12.1 Å². The first-order chi connectivity index (χ1) is 7.16. The van der Waals surface area contributed by atoms with Crippen LogP contribution in [0, 0.1) is 18.6 Å². The van der Waals surface area contributed by atoms with E-state index in [4.69, 9.17) is 0 Å². The van der Waals surface area contributed by atoms with Crippen LogP contribution in [0.15, 0.2) is 24.5 Å². The maximum Gasteiger partial charge on any atom is 0.163 e. The minimum atomic E-state index is -0.859. The molecule has 0 saturated heterocycles. The Morgan fingerprint density at radius 2 is 2.13 bits per heavy atom. The molecule has 2 aromatic rings. The van der Waals surface area contributed by atoms with E-state index in [0.717, 1.165) is 6.07 Å². The smallest absolute Gasteiger partial charge is 0.163 e. The third-order valence-corrected chi connectivity index (χ3v) is 1.95. The second-order valence-electron chi connectivity index (χ2n) is 3.07. The summed E-state index contributed by atoms with van der Waals surface area (Å²) in [5, 5.41) is 3.88. The van der Waals surface area contributed by atoms with Crippen molar-refractivity contribution in [3.63, 3.8) is 0 Å². The van der Waals surface area contributed by atoms with Crippen molar-refractivity contribution in [1.82, 2.24) is 14.8 Å². The van der Waals surface area contributed by atoms with Gasteiger partial charge in [0.15, 0.2) is 17.5 Å². The molecule has 0 aliphatic carbocycles. The third kappa shape index (κ3) is 2.01. The summed E-state index contributed by atoms with van der Waals surface area (Å²) in [7, 11) is 0. The second-order valence-corrected chi connectivity index (χ2v) is 3.07. The van der Waals surface area contributed by atoms with Gasteiger partial charge in [0, 0.05) is 12.5 Å². The molecule has 0 unspecified atom stereocenters. The maximum atomic E-state index is 13.2. The fourth-order valence-electron chi connectivity index (χ4n) is 1.25. The average Bonchev–Trinajstić information content (AvgIpc) is 2.59. The summed E-state index contributed by atoms with van der Waals surface area (Å²) < 4.78 is 27.5. The Hall–Kier alpha value is -1.78. The molecular weight excluding hydrogens is 200 g/mol. The number of nitrogens with zero attached hydrogens (tertiary/aromatic N) is 3. The molecule has 1 heterocycles. The van der Waals surface area contributed by atoms with Crippen molar-refractivity contribution in [2.45, 2.75) is 6.54 Å². The number of benzene rings is 1. The van der Waals surface area contributed by atoms with Gasteiger partial charge in [-0.15, -0.1) is 0 Å². The van der Waals surface area contributed by atoms with Crippen LogP contribution in [0.3, 0.4) is 0 Å². The van der Waals surface area contributed by atoms with Crippen LogP contribution in [-0.4, -0.2) is 14.8 Å². The zero-order chi connectivity index (χ0) is 10.8. The van der Waals surface area contributed by atoms with E-state index in [1.54, 1.807) is 0 Å². The van der Waals surface area contributed by atoms with E-state index < -0.39 is 11.6 Å². The van der Waals surface area contributed by atoms with Gasteiger partial charge in [-0.2, -0.15) is 5.10 Å². The summed E-state index contributed by atoms with van der Waals surface area (Å²) in [4.78, 5) is 3.79. The lowest BCUT2D eigenvalue weighted by molar-refractivity contribution is 0.491. The van der Waals surface area contributed by atoms with E-state index in [9.17, 15) is 8.78 Å². The van der Waals surface area contributed by atoms with Crippen LogP contribution < -0.4 is 0 Å². The molecule has 0 spiro atoms. The summed E-state index contributed by atoms with van der Waals surface area (Å²) in [5.74, 6) is -1.35. The van der Waals surface area contributed by atoms with Gasteiger partial charge in [-0.05, 0) is 6.07 Å². The van der Waals surface area contributed by atoms with Gasteiger partial charge in [-0.25, -0.2) is 18.4 Å². The number of hydrogen-bond acceptors (Lipinski definition) is 2. The highest BCUT2D eigenvalue weighted by molar-refractivity contribution is 5.19. The largest absolute Gasteiger partial charge is 0.248 e. The lowest BCUT2D eigenvalue weighted by Crippen LogP contribution is -2.03. The van der Waals surface area contributed by atoms with Gasteiger partial charge in [0.05, 0.1) is 6.54 Å². The van der Waals surface area contributed by atoms with Gasteiger partial charge in [-0.3, -0.25) is 0 Å². The topological polar surface area (TPSA) is 30.7 Å². The maximum absolute atomic E-state index is 13.2. The molecule has 1 aromatic carbocycles. The van der Waals surface area contributed by atoms with Gasteiger partial charge in [-0.1, -0.05) is 12.1 Å². The Balaban J connectivity index is 2.28. The number of halogens is 2. The Labute approximate surface area is 85.4 Å². The van der Waals surface area contributed by atoms with E-state index in [1.165, 1.54) is 23.1 Å². The normalized spacial score (nSPS) is 10.6. The third-order valence-electron chi connectivity index (χ3n) is 1.95. The van der Waals surface area contributed by atoms with Crippen molar-refractivity contribution in [2.24, 2.45) is 0 Å². The molecule has 0 fully saturated rings. The monoisotopic (exact) mass is 208 g/mol. The van der Waals surface area contributed by atoms with Crippen molar-refractivity contribution in [3.8, 4) is 0 Å². The van der Waals surface area contributed by atoms with Gasteiger partial charge in [0.2, 0.25) is 0 Å². The zero-order valence-corrected chi connectivity index (χ0v) is 7.82. The standard InChI is InChI=1S/C10H8F2N3/c1-7-13-6-15(14-7)5-8-3-2-4-9(11)10(8)12/h2-4,6H,1,5H2. The highest BCUT2D eigenvalue weighted by atomic mass is 19.2. The molecule has 0 saturated carbocycles. The number of rotatable bonds is 2. The van der Waals surface area contributed by atoms with Crippen molar-refractivity contribution in [2.75, 3.05) is 0 Å². The average molecular weight is 208 g/mol. The molecule has 1 radical (unpaired) electrons. The predicted octanol–water partition coefficient (Wildman–Crippen LogP) is 1.79. The lowest BCUT2D eigenvalue weighted by Gasteiger charge is -2.02. The second kappa shape index (κ2) is 3.76. The van der Waals surface area contributed by atoms with Gasteiger partial charge in [0.25, 0.3) is 0 Å². The fraction of sp³-hybridized carbons (Fsp3) is 0.100. The molecule has 0 bridgehead atoms. The van der Waals surface area contributed by atoms with E-state index in [0.29, 0.717) is 5.82 Å². The van der Waals surface area contributed by atoms with Crippen LogP contribution >= 0.6 is 0 Å². The molecule has 0 aliphatic heterocycles. The highest BCUT2D eigenvalue weighted by Crippen LogP contribution is 2.12. The summed E-state index contributed by atoms with van der Waals surface area (Å²) in [6.07, 6.45) is 1.42. The first-order valence-electron chi connectivity index (χ1n) is 4.31.